The molecule has 194 valence electrons. The molecular weight excluding hydrogens is 464 g/mol. The second kappa shape index (κ2) is 12.4. The number of piperazine rings is 1. The van der Waals surface area contributed by atoms with E-state index in [0.29, 0.717) is 51.9 Å². The van der Waals surface area contributed by atoms with Crippen molar-refractivity contribution in [2.75, 3.05) is 26.2 Å². The van der Waals surface area contributed by atoms with Crippen molar-refractivity contribution in [3.05, 3.63) is 83.9 Å². The maximum atomic E-state index is 13.4. The second-order valence-corrected chi connectivity index (χ2v) is 9.63. The fourth-order valence-electron chi connectivity index (χ4n) is 4.98. The van der Waals surface area contributed by atoms with Gasteiger partial charge >= 0.3 is 0 Å². The van der Waals surface area contributed by atoms with Crippen molar-refractivity contribution in [3.63, 3.8) is 0 Å². The summed E-state index contributed by atoms with van der Waals surface area (Å²) in [6, 6.07) is 23.3. The minimum atomic E-state index is -0.621. The lowest BCUT2D eigenvalue weighted by Gasteiger charge is -2.42. The SMILES string of the molecule is NC(N)=NCCC[C@@H]1CN(C(=O)[C@H](N)Cc2ccccc2)CCN1C(=O)Cc1ccc2ccccc2c1. The van der Waals surface area contributed by atoms with E-state index in [-0.39, 0.29) is 23.8 Å². The maximum Gasteiger partial charge on any atom is 0.239 e. The van der Waals surface area contributed by atoms with Crippen molar-refractivity contribution < 1.29 is 9.59 Å². The number of nitrogens with zero attached hydrogens (tertiary/aromatic N) is 3. The Kier molecular flexibility index (Phi) is 8.74. The number of nitrogens with two attached hydrogens (primary N) is 3. The molecule has 0 aliphatic carbocycles. The van der Waals surface area contributed by atoms with Crippen molar-refractivity contribution in [1.29, 1.82) is 0 Å². The summed E-state index contributed by atoms with van der Waals surface area (Å²) in [6.07, 6.45) is 2.20. The molecule has 1 aliphatic heterocycles. The van der Waals surface area contributed by atoms with E-state index < -0.39 is 6.04 Å². The molecule has 0 unspecified atom stereocenters. The maximum absolute atomic E-state index is 13.4. The molecule has 3 aromatic carbocycles. The molecule has 8 nitrogen and oxygen atoms in total. The van der Waals surface area contributed by atoms with Gasteiger partial charge in [-0.3, -0.25) is 14.6 Å². The first-order valence-corrected chi connectivity index (χ1v) is 12.8. The summed E-state index contributed by atoms with van der Waals surface area (Å²) < 4.78 is 0. The Hall–Kier alpha value is -3.91. The van der Waals surface area contributed by atoms with Gasteiger partial charge in [-0.25, -0.2) is 0 Å². The highest BCUT2D eigenvalue weighted by molar-refractivity contribution is 5.86. The second-order valence-electron chi connectivity index (χ2n) is 9.63. The Labute approximate surface area is 218 Å². The van der Waals surface area contributed by atoms with Crippen LogP contribution in [-0.2, 0) is 22.4 Å². The topological polar surface area (TPSA) is 131 Å². The highest BCUT2D eigenvalue weighted by Crippen LogP contribution is 2.20. The van der Waals surface area contributed by atoms with Gasteiger partial charge in [0, 0.05) is 32.2 Å². The van der Waals surface area contributed by atoms with E-state index in [1.807, 2.05) is 53.4 Å². The van der Waals surface area contributed by atoms with Crippen LogP contribution in [0.5, 0.6) is 0 Å². The van der Waals surface area contributed by atoms with E-state index in [1.54, 1.807) is 4.90 Å². The predicted molar refractivity (Wildman–Crippen MR) is 148 cm³/mol. The number of guanidine groups is 1. The van der Waals surface area contributed by atoms with Gasteiger partial charge in [0.1, 0.15) is 0 Å². The average Bonchev–Trinajstić information content (AvgIpc) is 2.91. The molecule has 3 aromatic rings. The molecule has 8 heteroatoms. The number of hydrogen-bond acceptors (Lipinski definition) is 4. The summed E-state index contributed by atoms with van der Waals surface area (Å²) in [5.74, 6) is 0.0269. The fraction of sp³-hybridized carbons (Fsp3) is 0.345. The molecule has 1 saturated heterocycles. The summed E-state index contributed by atoms with van der Waals surface area (Å²) in [5.41, 5.74) is 19.2. The third-order valence-corrected chi connectivity index (χ3v) is 6.89. The van der Waals surface area contributed by atoms with Crippen LogP contribution in [0.2, 0.25) is 0 Å². The summed E-state index contributed by atoms with van der Waals surface area (Å²) in [6.45, 7) is 1.87. The molecule has 1 aliphatic rings. The molecule has 2 atom stereocenters. The summed E-state index contributed by atoms with van der Waals surface area (Å²) >= 11 is 0. The quantitative estimate of drug-likeness (QED) is 0.235. The van der Waals surface area contributed by atoms with Gasteiger partial charge in [0.25, 0.3) is 0 Å². The molecule has 2 amide bonds. The zero-order valence-corrected chi connectivity index (χ0v) is 21.1. The zero-order valence-electron chi connectivity index (χ0n) is 21.1. The Bertz CT molecular complexity index is 1240. The minimum absolute atomic E-state index is 0.0524. The Morgan fingerprint density at radius 3 is 2.41 bits per heavy atom. The molecule has 0 spiro atoms. The molecule has 0 aromatic heterocycles. The van der Waals surface area contributed by atoms with Crippen LogP contribution in [0.25, 0.3) is 10.8 Å². The summed E-state index contributed by atoms with van der Waals surface area (Å²) in [4.78, 5) is 34.4. The van der Waals surface area contributed by atoms with Crippen LogP contribution in [0.15, 0.2) is 77.8 Å². The van der Waals surface area contributed by atoms with Gasteiger partial charge in [0.05, 0.1) is 12.5 Å². The standard InChI is InChI=1S/C29H36N6O2/c30-26(18-21-7-2-1-3-8-21)28(37)34-15-16-35(25(20-34)11-6-14-33-29(31)32)27(36)19-22-12-13-23-9-4-5-10-24(23)17-22/h1-5,7-10,12-13,17,25-26H,6,11,14-16,18-20,30H2,(H4,31,32,33)/t25-,26-/m1/s1. The Balaban J connectivity index is 1.43. The van der Waals surface area contributed by atoms with Crippen molar-refractivity contribution in [3.8, 4) is 0 Å². The first kappa shape index (κ1) is 26.2. The zero-order chi connectivity index (χ0) is 26.2. The van der Waals surface area contributed by atoms with Crippen molar-refractivity contribution >= 4 is 28.5 Å². The van der Waals surface area contributed by atoms with Gasteiger partial charge in [0.2, 0.25) is 11.8 Å². The van der Waals surface area contributed by atoms with E-state index in [4.69, 9.17) is 17.2 Å². The number of carbonyl (C=O) groups is 2. The lowest BCUT2D eigenvalue weighted by Crippen LogP contribution is -2.59. The number of amides is 2. The van der Waals surface area contributed by atoms with Gasteiger partial charge < -0.3 is 27.0 Å². The largest absolute Gasteiger partial charge is 0.370 e. The van der Waals surface area contributed by atoms with Crippen LogP contribution in [-0.4, -0.2) is 65.8 Å². The van der Waals surface area contributed by atoms with Gasteiger partial charge in [-0.05, 0) is 41.2 Å². The van der Waals surface area contributed by atoms with Crippen LogP contribution in [0, 0.1) is 0 Å². The molecule has 4 rings (SSSR count). The molecule has 0 saturated carbocycles. The highest BCUT2D eigenvalue weighted by atomic mass is 16.2. The molecule has 37 heavy (non-hydrogen) atoms. The molecule has 1 heterocycles. The first-order chi connectivity index (χ1) is 17.9. The molecule has 1 fully saturated rings. The number of rotatable bonds is 9. The lowest BCUT2D eigenvalue weighted by atomic mass is 10.0. The van der Waals surface area contributed by atoms with Crippen LogP contribution < -0.4 is 17.2 Å². The third kappa shape index (κ3) is 7.07. The molecule has 0 radical (unpaired) electrons. The number of carbonyl (C=O) groups excluding carboxylic acids is 2. The van der Waals surface area contributed by atoms with Gasteiger partial charge in [-0.15, -0.1) is 0 Å². The number of hydrogen-bond donors (Lipinski definition) is 3. The fourth-order valence-corrected chi connectivity index (χ4v) is 4.98. The third-order valence-electron chi connectivity index (χ3n) is 6.89. The smallest absolute Gasteiger partial charge is 0.239 e. The van der Waals surface area contributed by atoms with Gasteiger partial charge in [-0.1, -0.05) is 72.8 Å². The van der Waals surface area contributed by atoms with E-state index in [1.165, 1.54) is 0 Å². The number of aliphatic imine (C=N–C) groups is 1. The van der Waals surface area contributed by atoms with E-state index in [0.717, 1.165) is 21.9 Å². The predicted octanol–water partition coefficient (Wildman–Crippen LogP) is 2.05. The van der Waals surface area contributed by atoms with E-state index >= 15 is 0 Å². The highest BCUT2D eigenvalue weighted by Gasteiger charge is 2.33. The minimum Gasteiger partial charge on any atom is -0.370 e. The molecule has 0 bridgehead atoms. The Morgan fingerprint density at radius 2 is 1.65 bits per heavy atom. The normalized spacial score (nSPS) is 16.4. The summed E-state index contributed by atoms with van der Waals surface area (Å²) in [7, 11) is 0. The van der Waals surface area contributed by atoms with Crippen LogP contribution in [0.4, 0.5) is 0 Å². The molecular formula is C29H36N6O2. The summed E-state index contributed by atoms with van der Waals surface area (Å²) in [5, 5.41) is 2.26. The van der Waals surface area contributed by atoms with E-state index in [2.05, 4.69) is 29.3 Å². The van der Waals surface area contributed by atoms with E-state index in [9.17, 15) is 9.59 Å². The van der Waals surface area contributed by atoms with Crippen LogP contribution >= 0.6 is 0 Å². The van der Waals surface area contributed by atoms with Crippen molar-refractivity contribution in [2.45, 2.75) is 37.8 Å². The van der Waals surface area contributed by atoms with Crippen LogP contribution in [0.3, 0.4) is 0 Å². The number of benzene rings is 3. The molecule has 6 N–H and O–H groups in total. The Morgan fingerprint density at radius 1 is 0.919 bits per heavy atom. The number of fused-ring (bicyclic) bond motifs is 1. The van der Waals surface area contributed by atoms with Crippen molar-refractivity contribution in [2.24, 2.45) is 22.2 Å². The lowest BCUT2D eigenvalue weighted by molar-refractivity contribution is -0.143. The first-order valence-electron chi connectivity index (χ1n) is 12.8. The van der Waals surface area contributed by atoms with Gasteiger partial charge in [-0.2, -0.15) is 0 Å². The van der Waals surface area contributed by atoms with Crippen LogP contribution in [0.1, 0.15) is 24.0 Å². The van der Waals surface area contributed by atoms with Gasteiger partial charge in [0.15, 0.2) is 5.96 Å². The average molecular weight is 501 g/mol. The van der Waals surface area contributed by atoms with Crippen molar-refractivity contribution in [1.82, 2.24) is 9.80 Å². The monoisotopic (exact) mass is 500 g/mol.